The molecule has 1 amide bonds. The molecule has 0 aliphatic carbocycles. The molecule has 2 atom stereocenters. The van der Waals surface area contributed by atoms with Gasteiger partial charge in [-0.1, -0.05) is 175 Å². The third-order valence-corrected chi connectivity index (χ3v) is 8.32. The summed E-state index contributed by atoms with van der Waals surface area (Å²) in [5, 5.41) is 22.7. The Kier molecular flexibility index (Phi) is 37.6. The summed E-state index contributed by atoms with van der Waals surface area (Å²) in [6.45, 7) is 4.09. The van der Waals surface area contributed by atoms with Crippen LogP contribution in [0.5, 0.6) is 0 Å². The summed E-state index contributed by atoms with van der Waals surface area (Å²) in [5.74, 6) is -0.0825. The third-order valence-electron chi connectivity index (χ3n) is 8.32. The van der Waals surface area contributed by atoms with Gasteiger partial charge in [-0.3, -0.25) is 4.79 Å². The number of rotatable bonds is 34. The van der Waals surface area contributed by atoms with Crippen LogP contribution in [0.1, 0.15) is 162 Å². The fourth-order valence-corrected chi connectivity index (χ4v) is 5.27. The predicted octanol–water partition coefficient (Wildman–Crippen LogP) is 12.3. The van der Waals surface area contributed by atoms with Crippen LogP contribution in [0.25, 0.3) is 0 Å². The molecule has 0 radical (unpaired) electrons. The Labute approximate surface area is 303 Å². The molecule has 0 aliphatic rings. The van der Waals surface area contributed by atoms with E-state index in [0.29, 0.717) is 6.42 Å². The van der Waals surface area contributed by atoms with Gasteiger partial charge < -0.3 is 15.5 Å². The number of carbonyl (C=O) groups excluding carboxylic acids is 1. The minimum atomic E-state index is -0.843. The molecule has 4 nitrogen and oxygen atoms in total. The Morgan fingerprint density at radius 2 is 0.898 bits per heavy atom. The number of amides is 1. The van der Waals surface area contributed by atoms with Gasteiger partial charge in [-0.2, -0.15) is 0 Å². The van der Waals surface area contributed by atoms with Gasteiger partial charge in [-0.15, -0.1) is 0 Å². The molecular formula is C45H75NO3. The molecule has 278 valence electrons. The minimum absolute atomic E-state index is 0.0825. The quantitative estimate of drug-likeness (QED) is 0.0469. The lowest BCUT2D eigenvalue weighted by molar-refractivity contribution is -0.123. The van der Waals surface area contributed by atoms with Crippen LogP contribution in [0.4, 0.5) is 0 Å². The van der Waals surface area contributed by atoms with Crippen molar-refractivity contribution >= 4 is 5.91 Å². The van der Waals surface area contributed by atoms with Crippen LogP contribution in [-0.4, -0.2) is 34.9 Å². The Morgan fingerprint density at radius 3 is 1.35 bits per heavy atom. The number of hydrogen-bond acceptors (Lipinski definition) is 3. The van der Waals surface area contributed by atoms with E-state index in [1.54, 1.807) is 6.08 Å². The SMILES string of the molecule is CC/C=C\C/C=C\C/C=C\C/C=C\C/C=C\C/C=C\C/C=C\CCCCCCCCCCCC(=O)NC(CO)C(O)/C=C/CCCCCC. The number of allylic oxidation sites excluding steroid dienone is 15. The number of aliphatic hydroxyl groups is 2. The van der Waals surface area contributed by atoms with Crippen LogP contribution in [0.15, 0.2) is 97.2 Å². The average molecular weight is 678 g/mol. The first kappa shape index (κ1) is 46.3. The highest BCUT2D eigenvalue weighted by molar-refractivity contribution is 5.76. The number of nitrogens with one attached hydrogen (secondary N) is 1. The summed E-state index contributed by atoms with van der Waals surface area (Å²) in [6, 6.07) is -0.627. The Bertz CT molecular complexity index is 952. The molecule has 0 fully saturated rings. The molecule has 2 unspecified atom stereocenters. The van der Waals surface area contributed by atoms with Gasteiger partial charge >= 0.3 is 0 Å². The van der Waals surface area contributed by atoms with Crippen molar-refractivity contribution in [3.05, 3.63) is 97.2 Å². The van der Waals surface area contributed by atoms with E-state index in [0.717, 1.165) is 77.0 Å². The molecule has 0 aromatic heterocycles. The molecule has 0 aromatic rings. The van der Waals surface area contributed by atoms with Crippen LogP contribution in [0.2, 0.25) is 0 Å². The smallest absolute Gasteiger partial charge is 0.220 e. The minimum Gasteiger partial charge on any atom is -0.394 e. The van der Waals surface area contributed by atoms with Crippen molar-refractivity contribution in [3.8, 4) is 0 Å². The van der Waals surface area contributed by atoms with E-state index in [4.69, 9.17) is 0 Å². The number of unbranched alkanes of at least 4 members (excludes halogenated alkanes) is 13. The maximum Gasteiger partial charge on any atom is 0.220 e. The monoisotopic (exact) mass is 678 g/mol. The van der Waals surface area contributed by atoms with E-state index in [1.807, 2.05) is 6.08 Å². The van der Waals surface area contributed by atoms with Crippen LogP contribution < -0.4 is 5.32 Å². The Morgan fingerprint density at radius 1 is 0.510 bits per heavy atom. The molecule has 0 heterocycles. The second-order valence-electron chi connectivity index (χ2n) is 13.0. The zero-order chi connectivity index (χ0) is 35.7. The first-order valence-electron chi connectivity index (χ1n) is 20.0. The van der Waals surface area contributed by atoms with Gasteiger partial charge in [-0.05, 0) is 77.0 Å². The van der Waals surface area contributed by atoms with Gasteiger partial charge in [0.2, 0.25) is 5.91 Å². The summed E-state index contributed by atoms with van der Waals surface area (Å²) in [5.41, 5.74) is 0. The first-order valence-corrected chi connectivity index (χ1v) is 20.0. The van der Waals surface area contributed by atoms with Gasteiger partial charge in [0.15, 0.2) is 0 Å². The predicted molar refractivity (Wildman–Crippen MR) is 216 cm³/mol. The lowest BCUT2D eigenvalue weighted by Crippen LogP contribution is -2.45. The molecule has 49 heavy (non-hydrogen) atoms. The van der Waals surface area contributed by atoms with Gasteiger partial charge in [0, 0.05) is 6.42 Å². The van der Waals surface area contributed by atoms with Crippen molar-refractivity contribution in [2.45, 2.75) is 174 Å². The summed E-state index contributed by atoms with van der Waals surface area (Å²) in [7, 11) is 0. The van der Waals surface area contributed by atoms with Crippen molar-refractivity contribution in [2.75, 3.05) is 6.61 Å². The third kappa shape index (κ3) is 36.4. The molecule has 0 aliphatic heterocycles. The molecule has 0 aromatic carbocycles. The normalized spacial score (nSPS) is 14.1. The lowest BCUT2D eigenvalue weighted by atomic mass is 10.1. The highest BCUT2D eigenvalue weighted by Crippen LogP contribution is 2.12. The second kappa shape index (κ2) is 39.7. The topological polar surface area (TPSA) is 69.6 Å². The number of hydrogen-bond donors (Lipinski definition) is 3. The summed E-state index contributed by atoms with van der Waals surface area (Å²) in [4.78, 5) is 12.3. The van der Waals surface area contributed by atoms with Gasteiger partial charge in [-0.25, -0.2) is 0 Å². The molecule has 0 saturated heterocycles. The summed E-state index contributed by atoms with van der Waals surface area (Å²) in [6.07, 6.45) is 59.5. The van der Waals surface area contributed by atoms with E-state index in [1.165, 1.54) is 64.2 Å². The zero-order valence-electron chi connectivity index (χ0n) is 31.7. The van der Waals surface area contributed by atoms with Crippen LogP contribution in [0, 0.1) is 0 Å². The average Bonchev–Trinajstić information content (AvgIpc) is 3.10. The molecule has 0 saturated carbocycles. The molecule has 3 N–H and O–H groups in total. The van der Waals surface area contributed by atoms with Gasteiger partial charge in [0.1, 0.15) is 0 Å². The van der Waals surface area contributed by atoms with E-state index in [-0.39, 0.29) is 12.5 Å². The van der Waals surface area contributed by atoms with Crippen LogP contribution >= 0.6 is 0 Å². The van der Waals surface area contributed by atoms with Gasteiger partial charge in [0.25, 0.3) is 0 Å². The summed E-state index contributed by atoms with van der Waals surface area (Å²) >= 11 is 0. The van der Waals surface area contributed by atoms with Crippen molar-refractivity contribution < 1.29 is 15.0 Å². The zero-order valence-corrected chi connectivity index (χ0v) is 31.7. The molecule has 4 heteroatoms. The van der Waals surface area contributed by atoms with E-state index in [2.05, 4.69) is 104 Å². The number of aliphatic hydroxyl groups excluding tert-OH is 2. The maximum atomic E-state index is 12.3. The van der Waals surface area contributed by atoms with Crippen molar-refractivity contribution in [2.24, 2.45) is 0 Å². The number of carbonyl (C=O) groups is 1. The van der Waals surface area contributed by atoms with Crippen LogP contribution in [0.3, 0.4) is 0 Å². The highest BCUT2D eigenvalue weighted by Gasteiger charge is 2.17. The van der Waals surface area contributed by atoms with Crippen molar-refractivity contribution in [1.82, 2.24) is 5.32 Å². The molecule has 0 spiro atoms. The summed E-state index contributed by atoms with van der Waals surface area (Å²) < 4.78 is 0. The first-order chi connectivity index (χ1) is 24.2. The largest absolute Gasteiger partial charge is 0.394 e. The fourth-order valence-electron chi connectivity index (χ4n) is 5.27. The Balaban J connectivity index is 3.59. The molecule has 0 bridgehead atoms. The molecular weight excluding hydrogens is 602 g/mol. The van der Waals surface area contributed by atoms with Crippen molar-refractivity contribution in [3.63, 3.8) is 0 Å². The van der Waals surface area contributed by atoms with E-state index in [9.17, 15) is 15.0 Å². The second-order valence-corrected chi connectivity index (χ2v) is 13.0. The highest BCUT2D eigenvalue weighted by atomic mass is 16.3. The lowest BCUT2D eigenvalue weighted by Gasteiger charge is -2.20. The fraction of sp³-hybridized carbons (Fsp3) is 0.622. The van der Waals surface area contributed by atoms with Crippen molar-refractivity contribution in [1.29, 1.82) is 0 Å². The van der Waals surface area contributed by atoms with E-state index < -0.39 is 12.1 Å². The van der Waals surface area contributed by atoms with Crippen LogP contribution in [-0.2, 0) is 4.79 Å². The maximum absolute atomic E-state index is 12.3. The standard InChI is InChI=1S/C45H75NO3/c1-3-5-7-9-11-12-13-14-15-16-17-18-19-20-21-22-23-24-25-26-27-28-29-30-31-32-33-34-35-37-39-41-45(49)46-43(42-47)44(48)40-38-36-10-8-6-4-2/h5,7,11-12,14-15,17-18,20-21,23-24,26-27,38,40,43-44,47-48H,3-4,6,8-10,13,16,19,22,25,28-37,39,41-42H2,1-2H3,(H,46,49)/b7-5-,12-11-,15-14-,18-17-,21-20-,24-23-,27-26-,40-38+. The molecule has 0 rings (SSSR count). The van der Waals surface area contributed by atoms with E-state index >= 15 is 0 Å². The van der Waals surface area contributed by atoms with Gasteiger partial charge in [0.05, 0.1) is 18.8 Å². The Hall–Kier alpha value is -2.69.